The van der Waals surface area contributed by atoms with Gasteiger partial charge in [0.2, 0.25) is 17.7 Å². The molecule has 1 aromatic carbocycles. The highest BCUT2D eigenvalue weighted by atomic mass is 16.2. The van der Waals surface area contributed by atoms with Crippen molar-refractivity contribution in [1.29, 1.82) is 0 Å². The van der Waals surface area contributed by atoms with Gasteiger partial charge in [0, 0.05) is 11.7 Å². The van der Waals surface area contributed by atoms with Crippen molar-refractivity contribution in [2.75, 3.05) is 5.32 Å². The molecule has 126 valence electrons. The van der Waals surface area contributed by atoms with Crippen LogP contribution in [0.25, 0.3) is 0 Å². The molecule has 24 heavy (non-hydrogen) atoms. The maximum absolute atomic E-state index is 12.8. The number of carbonyl (C=O) groups excluding carboxylic acids is 3. The summed E-state index contributed by atoms with van der Waals surface area (Å²) in [5.41, 5.74) is 0.693. The Morgan fingerprint density at radius 1 is 1.08 bits per heavy atom. The second-order valence-corrected chi connectivity index (χ2v) is 6.82. The third kappa shape index (κ3) is 2.64. The van der Waals surface area contributed by atoms with Crippen LogP contribution < -0.4 is 5.32 Å². The van der Waals surface area contributed by atoms with Crippen LogP contribution in [0.5, 0.6) is 0 Å². The molecule has 4 atom stereocenters. The molecule has 3 rings (SSSR count). The number of rotatable bonds is 3. The first kappa shape index (κ1) is 16.4. The van der Waals surface area contributed by atoms with Crippen molar-refractivity contribution in [3.63, 3.8) is 0 Å². The molecular weight excluding hydrogens is 304 g/mol. The molecule has 0 radical (unpaired) electrons. The van der Waals surface area contributed by atoms with Crippen LogP contribution in [-0.4, -0.2) is 28.7 Å². The second-order valence-electron chi connectivity index (χ2n) is 6.82. The van der Waals surface area contributed by atoms with Gasteiger partial charge in [0.05, 0.1) is 17.8 Å². The van der Waals surface area contributed by atoms with E-state index >= 15 is 0 Å². The quantitative estimate of drug-likeness (QED) is 0.685. The molecular formula is C19H22N2O3. The van der Waals surface area contributed by atoms with Gasteiger partial charge in [-0.2, -0.15) is 0 Å². The number of carbonyl (C=O) groups is 3. The van der Waals surface area contributed by atoms with Gasteiger partial charge in [0.1, 0.15) is 0 Å². The zero-order valence-corrected chi connectivity index (χ0v) is 14.1. The Labute approximate surface area is 141 Å². The summed E-state index contributed by atoms with van der Waals surface area (Å²) in [5, 5.41) is 2.88. The minimum atomic E-state index is -0.608. The molecule has 0 aromatic heterocycles. The fourth-order valence-electron chi connectivity index (χ4n) is 3.72. The predicted octanol–water partition coefficient (Wildman–Crippen LogP) is 2.46. The van der Waals surface area contributed by atoms with Crippen LogP contribution in [0.2, 0.25) is 0 Å². The van der Waals surface area contributed by atoms with E-state index in [1.54, 1.807) is 18.2 Å². The van der Waals surface area contributed by atoms with Gasteiger partial charge >= 0.3 is 0 Å². The molecule has 1 aliphatic heterocycles. The van der Waals surface area contributed by atoms with Crippen LogP contribution in [0.1, 0.15) is 20.8 Å². The highest BCUT2D eigenvalue weighted by Gasteiger charge is 2.54. The van der Waals surface area contributed by atoms with E-state index in [-0.39, 0.29) is 29.7 Å². The fraction of sp³-hybridized carbons (Fsp3) is 0.421. The molecule has 0 unspecified atom stereocenters. The van der Waals surface area contributed by atoms with Crippen LogP contribution in [0, 0.1) is 23.7 Å². The topological polar surface area (TPSA) is 66.5 Å². The Morgan fingerprint density at radius 3 is 2.38 bits per heavy atom. The van der Waals surface area contributed by atoms with E-state index < -0.39 is 17.8 Å². The Hall–Kier alpha value is -2.43. The van der Waals surface area contributed by atoms with Gasteiger partial charge < -0.3 is 5.32 Å². The number of amides is 3. The van der Waals surface area contributed by atoms with E-state index in [9.17, 15) is 14.4 Å². The molecule has 3 amide bonds. The number of benzene rings is 1. The molecule has 0 bridgehead atoms. The molecule has 0 saturated carbocycles. The molecule has 1 fully saturated rings. The van der Waals surface area contributed by atoms with Gasteiger partial charge in [-0.05, 0) is 31.9 Å². The first-order valence-electron chi connectivity index (χ1n) is 8.33. The summed E-state index contributed by atoms with van der Waals surface area (Å²) in [5.74, 6) is -2.41. The summed E-state index contributed by atoms with van der Waals surface area (Å²) < 4.78 is 0. The molecule has 1 N–H and O–H groups in total. The van der Waals surface area contributed by atoms with Crippen LogP contribution in [0.15, 0.2) is 42.5 Å². The minimum Gasteiger partial charge on any atom is -0.326 e. The van der Waals surface area contributed by atoms with Crippen molar-refractivity contribution in [3.8, 4) is 0 Å². The van der Waals surface area contributed by atoms with Crippen molar-refractivity contribution in [1.82, 2.24) is 4.90 Å². The third-order valence-corrected chi connectivity index (χ3v) is 4.87. The van der Waals surface area contributed by atoms with Crippen molar-refractivity contribution < 1.29 is 14.4 Å². The van der Waals surface area contributed by atoms with Crippen molar-refractivity contribution in [2.24, 2.45) is 23.7 Å². The predicted molar refractivity (Wildman–Crippen MR) is 90.8 cm³/mol. The monoisotopic (exact) mass is 326 g/mol. The Morgan fingerprint density at radius 2 is 1.75 bits per heavy atom. The highest BCUT2D eigenvalue weighted by molar-refractivity contribution is 6.09. The number of likely N-dealkylation sites (tertiary alicyclic amines) is 1. The fourth-order valence-corrected chi connectivity index (χ4v) is 3.72. The number of nitrogens with zero attached hydrogens (tertiary/aromatic N) is 1. The smallest absolute Gasteiger partial charge is 0.237 e. The largest absolute Gasteiger partial charge is 0.326 e. The Balaban J connectivity index is 1.90. The van der Waals surface area contributed by atoms with Gasteiger partial charge in [0.15, 0.2) is 0 Å². The van der Waals surface area contributed by atoms with E-state index in [0.717, 1.165) is 0 Å². The average Bonchev–Trinajstić information content (AvgIpc) is 2.79. The molecule has 2 aliphatic rings. The van der Waals surface area contributed by atoms with E-state index in [2.05, 4.69) is 5.32 Å². The van der Waals surface area contributed by atoms with Gasteiger partial charge in [-0.15, -0.1) is 0 Å². The average molecular weight is 326 g/mol. The van der Waals surface area contributed by atoms with Crippen LogP contribution in [0.4, 0.5) is 5.69 Å². The normalized spacial score (nSPS) is 29.1. The third-order valence-electron chi connectivity index (χ3n) is 4.87. The lowest BCUT2D eigenvalue weighted by molar-refractivity contribution is -0.143. The maximum atomic E-state index is 12.8. The summed E-state index contributed by atoms with van der Waals surface area (Å²) in [7, 11) is 0. The number of fused-ring (bicyclic) bond motifs is 1. The standard InChI is InChI=1S/C19H22N2O3/c1-11(2)21-18(23)14-10-9-12(3)15(16(14)19(21)24)17(22)20-13-7-5-4-6-8-13/h4-12,14-16H,1-3H3,(H,20,22)/t12-,14+,15-,16+/m1/s1. The summed E-state index contributed by atoms with van der Waals surface area (Å²) >= 11 is 0. The molecule has 5 heteroatoms. The van der Waals surface area contributed by atoms with Crippen molar-refractivity contribution in [3.05, 3.63) is 42.5 Å². The summed E-state index contributed by atoms with van der Waals surface area (Å²) in [6.07, 6.45) is 3.68. The Kier molecular flexibility index (Phi) is 4.26. The number of imide groups is 1. The minimum absolute atomic E-state index is 0.0983. The zero-order chi connectivity index (χ0) is 17.4. The van der Waals surface area contributed by atoms with E-state index in [0.29, 0.717) is 5.69 Å². The molecule has 1 saturated heterocycles. The van der Waals surface area contributed by atoms with Gasteiger partial charge in [-0.25, -0.2) is 0 Å². The van der Waals surface area contributed by atoms with Crippen LogP contribution >= 0.6 is 0 Å². The van der Waals surface area contributed by atoms with E-state index in [4.69, 9.17) is 0 Å². The molecule has 1 aromatic rings. The van der Waals surface area contributed by atoms with Gasteiger partial charge in [-0.3, -0.25) is 19.3 Å². The van der Waals surface area contributed by atoms with E-state index in [1.807, 2.05) is 45.0 Å². The SMILES string of the molecule is CC(C)N1C(=O)[C@@H]2[C@H](C(=O)Nc3ccccc3)[C@H](C)C=C[C@@H]2C1=O. The van der Waals surface area contributed by atoms with Crippen LogP contribution in [-0.2, 0) is 14.4 Å². The lowest BCUT2D eigenvalue weighted by atomic mass is 9.71. The first-order valence-corrected chi connectivity index (χ1v) is 8.33. The number of allylic oxidation sites excluding steroid dienone is 1. The first-order chi connectivity index (χ1) is 11.4. The maximum Gasteiger partial charge on any atom is 0.237 e. The highest BCUT2D eigenvalue weighted by Crippen LogP contribution is 2.42. The summed E-state index contributed by atoms with van der Waals surface area (Å²) in [6, 6.07) is 8.97. The molecule has 1 aliphatic carbocycles. The Bertz CT molecular complexity index is 696. The molecule has 1 heterocycles. The van der Waals surface area contributed by atoms with Crippen molar-refractivity contribution >= 4 is 23.4 Å². The summed E-state index contributed by atoms with van der Waals surface area (Å²) in [6.45, 7) is 5.55. The van der Waals surface area contributed by atoms with Gasteiger partial charge in [-0.1, -0.05) is 37.3 Å². The van der Waals surface area contributed by atoms with Crippen molar-refractivity contribution in [2.45, 2.75) is 26.8 Å². The molecule has 0 spiro atoms. The second kappa shape index (κ2) is 6.23. The van der Waals surface area contributed by atoms with Crippen LogP contribution in [0.3, 0.4) is 0 Å². The lowest BCUT2D eigenvalue weighted by Crippen LogP contribution is -2.42. The number of para-hydroxylation sites is 1. The molecule has 5 nitrogen and oxygen atoms in total. The van der Waals surface area contributed by atoms with Gasteiger partial charge in [0.25, 0.3) is 0 Å². The number of anilines is 1. The lowest BCUT2D eigenvalue weighted by Gasteiger charge is -2.30. The van der Waals surface area contributed by atoms with E-state index in [1.165, 1.54) is 4.90 Å². The number of nitrogens with one attached hydrogen (secondary N) is 1. The summed E-state index contributed by atoms with van der Waals surface area (Å²) in [4.78, 5) is 39.5. The number of hydrogen-bond donors (Lipinski definition) is 1. The zero-order valence-electron chi connectivity index (χ0n) is 14.1. The number of hydrogen-bond acceptors (Lipinski definition) is 3.